The van der Waals surface area contributed by atoms with Gasteiger partial charge in [-0.2, -0.15) is 0 Å². The minimum Gasteiger partial charge on any atom is -0.457 e. The van der Waals surface area contributed by atoms with Gasteiger partial charge in [-0.05, 0) is 44.0 Å². The first-order valence-corrected chi connectivity index (χ1v) is 11.5. The summed E-state index contributed by atoms with van der Waals surface area (Å²) in [7, 11) is 1.64. The SMILES string of the molecule is Cc1ccc2c(c1)c(=O)n(C)c1nnc(COC(=O)C3CCCN(C(=O)Nc4ccccc4)C3)n21. The van der Waals surface area contributed by atoms with Crippen molar-refractivity contribution in [3.05, 3.63) is 70.3 Å². The van der Waals surface area contributed by atoms with Gasteiger partial charge in [0.05, 0.1) is 16.8 Å². The third kappa shape index (κ3) is 4.34. The lowest BCUT2D eigenvalue weighted by molar-refractivity contribution is -0.151. The van der Waals surface area contributed by atoms with Gasteiger partial charge in [0.25, 0.3) is 5.56 Å². The number of aryl methyl sites for hydroxylation is 2. The van der Waals surface area contributed by atoms with Crippen LogP contribution in [0.25, 0.3) is 16.7 Å². The third-order valence-electron chi connectivity index (χ3n) is 6.35. The maximum absolute atomic E-state index is 12.9. The van der Waals surface area contributed by atoms with Crippen molar-refractivity contribution in [1.82, 2.24) is 24.1 Å². The fraction of sp³-hybridized carbons (Fsp3) is 0.320. The summed E-state index contributed by atoms with van der Waals surface area (Å²) in [6.07, 6.45) is 1.35. The van der Waals surface area contributed by atoms with Gasteiger partial charge in [-0.3, -0.25) is 18.6 Å². The summed E-state index contributed by atoms with van der Waals surface area (Å²) in [5.41, 5.74) is 2.17. The van der Waals surface area contributed by atoms with Crippen molar-refractivity contribution in [2.45, 2.75) is 26.4 Å². The number of ether oxygens (including phenoxy) is 1. The zero-order valence-electron chi connectivity index (χ0n) is 19.6. The van der Waals surface area contributed by atoms with Crippen LogP contribution in [-0.4, -0.2) is 49.2 Å². The fourth-order valence-corrected chi connectivity index (χ4v) is 4.48. The number of urea groups is 1. The van der Waals surface area contributed by atoms with E-state index >= 15 is 0 Å². The van der Waals surface area contributed by atoms with E-state index in [1.165, 1.54) is 4.57 Å². The molecule has 10 nitrogen and oxygen atoms in total. The molecule has 5 rings (SSSR count). The maximum Gasteiger partial charge on any atom is 0.321 e. The molecule has 10 heteroatoms. The Morgan fingerprint density at radius 1 is 1.14 bits per heavy atom. The van der Waals surface area contributed by atoms with E-state index in [4.69, 9.17) is 4.74 Å². The molecular formula is C25H26N6O4. The van der Waals surface area contributed by atoms with Gasteiger partial charge >= 0.3 is 12.0 Å². The molecule has 4 aromatic rings. The topological polar surface area (TPSA) is 111 Å². The van der Waals surface area contributed by atoms with Crippen molar-refractivity contribution in [2.24, 2.45) is 13.0 Å². The van der Waals surface area contributed by atoms with Crippen LogP contribution in [0.3, 0.4) is 0 Å². The summed E-state index contributed by atoms with van der Waals surface area (Å²) in [5, 5.41) is 11.7. The maximum atomic E-state index is 12.9. The Morgan fingerprint density at radius 2 is 1.94 bits per heavy atom. The van der Waals surface area contributed by atoms with Gasteiger partial charge in [-0.15, -0.1) is 10.2 Å². The summed E-state index contributed by atoms with van der Waals surface area (Å²) in [6.45, 7) is 2.70. The van der Waals surface area contributed by atoms with Gasteiger partial charge < -0.3 is 15.0 Å². The van der Waals surface area contributed by atoms with Crippen molar-refractivity contribution in [1.29, 1.82) is 0 Å². The van der Waals surface area contributed by atoms with Crippen LogP contribution >= 0.6 is 0 Å². The number of para-hydroxylation sites is 1. The third-order valence-corrected chi connectivity index (χ3v) is 6.35. The summed E-state index contributed by atoms with van der Waals surface area (Å²) in [6, 6.07) is 14.6. The molecule has 3 heterocycles. The second-order valence-corrected chi connectivity index (χ2v) is 8.83. The van der Waals surface area contributed by atoms with Gasteiger partial charge in [0, 0.05) is 25.8 Å². The van der Waals surface area contributed by atoms with E-state index in [1.54, 1.807) is 16.3 Å². The van der Waals surface area contributed by atoms with Crippen molar-refractivity contribution in [2.75, 3.05) is 18.4 Å². The molecule has 180 valence electrons. The minimum atomic E-state index is -0.423. The Bertz CT molecular complexity index is 1480. The Kier molecular flexibility index (Phi) is 5.94. The van der Waals surface area contributed by atoms with Gasteiger partial charge in [0.1, 0.15) is 0 Å². The van der Waals surface area contributed by atoms with Crippen LogP contribution in [0.1, 0.15) is 24.2 Å². The minimum absolute atomic E-state index is 0.0894. The monoisotopic (exact) mass is 474 g/mol. The Labute approximate surface area is 201 Å². The van der Waals surface area contributed by atoms with Crippen LogP contribution < -0.4 is 10.9 Å². The number of nitrogens with zero attached hydrogens (tertiary/aromatic N) is 5. The number of carbonyl (C=O) groups is 2. The zero-order chi connectivity index (χ0) is 24.5. The van der Waals surface area contributed by atoms with E-state index in [1.807, 2.05) is 55.5 Å². The lowest BCUT2D eigenvalue weighted by Gasteiger charge is -2.31. The lowest BCUT2D eigenvalue weighted by atomic mass is 9.98. The zero-order valence-corrected chi connectivity index (χ0v) is 19.6. The molecule has 2 aromatic heterocycles. The highest BCUT2D eigenvalue weighted by Crippen LogP contribution is 2.21. The van der Waals surface area contributed by atoms with Crippen LogP contribution in [-0.2, 0) is 23.2 Å². The van der Waals surface area contributed by atoms with Crippen molar-refractivity contribution in [3.8, 4) is 0 Å². The number of benzene rings is 2. The number of esters is 1. The molecular weight excluding hydrogens is 448 g/mol. The van der Waals surface area contributed by atoms with Crippen molar-refractivity contribution >= 4 is 34.4 Å². The molecule has 0 saturated carbocycles. The number of hydrogen-bond acceptors (Lipinski definition) is 6. The van der Waals surface area contributed by atoms with Crippen LogP contribution in [0.15, 0.2) is 53.3 Å². The molecule has 0 spiro atoms. The van der Waals surface area contributed by atoms with Crippen molar-refractivity contribution in [3.63, 3.8) is 0 Å². The molecule has 1 saturated heterocycles. The number of likely N-dealkylation sites (tertiary alicyclic amines) is 1. The molecule has 0 aliphatic carbocycles. The highest BCUT2D eigenvalue weighted by molar-refractivity contribution is 5.89. The fourth-order valence-electron chi connectivity index (χ4n) is 4.48. The molecule has 2 aromatic carbocycles. The first-order valence-electron chi connectivity index (χ1n) is 11.5. The Balaban J connectivity index is 1.30. The molecule has 1 unspecified atom stereocenters. The number of piperidine rings is 1. The lowest BCUT2D eigenvalue weighted by Crippen LogP contribution is -2.44. The number of hydrogen-bond donors (Lipinski definition) is 1. The number of carbonyl (C=O) groups excluding carboxylic acids is 2. The Morgan fingerprint density at radius 3 is 2.74 bits per heavy atom. The molecule has 0 radical (unpaired) electrons. The van der Waals surface area contributed by atoms with Gasteiger partial charge in [0.15, 0.2) is 12.4 Å². The average Bonchev–Trinajstić information content (AvgIpc) is 3.30. The van der Waals surface area contributed by atoms with E-state index < -0.39 is 5.92 Å². The van der Waals surface area contributed by atoms with E-state index in [9.17, 15) is 14.4 Å². The highest BCUT2D eigenvalue weighted by Gasteiger charge is 2.30. The summed E-state index contributed by atoms with van der Waals surface area (Å²) >= 11 is 0. The average molecular weight is 475 g/mol. The van der Waals surface area contributed by atoms with E-state index in [0.29, 0.717) is 47.6 Å². The molecule has 1 aliphatic rings. The molecule has 35 heavy (non-hydrogen) atoms. The molecule has 2 amide bonds. The largest absolute Gasteiger partial charge is 0.457 e. The van der Waals surface area contributed by atoms with Gasteiger partial charge in [0.2, 0.25) is 5.78 Å². The van der Waals surface area contributed by atoms with Gasteiger partial charge in [-0.25, -0.2) is 4.79 Å². The van der Waals surface area contributed by atoms with Crippen LogP contribution in [0.2, 0.25) is 0 Å². The summed E-state index contributed by atoms with van der Waals surface area (Å²) in [4.78, 5) is 39.9. The number of fused-ring (bicyclic) bond motifs is 3. The second-order valence-electron chi connectivity index (χ2n) is 8.83. The highest BCUT2D eigenvalue weighted by atomic mass is 16.5. The van der Waals surface area contributed by atoms with Crippen LogP contribution in [0.4, 0.5) is 10.5 Å². The van der Waals surface area contributed by atoms with Crippen LogP contribution in [0.5, 0.6) is 0 Å². The van der Waals surface area contributed by atoms with Crippen LogP contribution in [0, 0.1) is 12.8 Å². The second kappa shape index (κ2) is 9.21. The molecule has 1 N–H and O–H groups in total. The standard InChI is InChI=1S/C25H26N6O4/c1-16-10-11-20-19(13-16)22(32)29(2)24-28-27-21(31(20)24)15-35-23(33)17-7-6-12-30(14-17)25(34)26-18-8-4-3-5-9-18/h3-5,8-11,13,17H,6-7,12,14-15H2,1-2H3,(H,26,34). The summed E-state index contributed by atoms with van der Waals surface area (Å²) in [5.74, 6) is -0.0109. The van der Waals surface area contributed by atoms with E-state index in [-0.39, 0.29) is 30.7 Å². The Hall–Kier alpha value is -4.21. The first-order chi connectivity index (χ1) is 16.9. The van der Waals surface area contributed by atoms with Gasteiger partial charge in [-0.1, -0.05) is 29.8 Å². The van der Waals surface area contributed by atoms with E-state index in [2.05, 4.69) is 15.5 Å². The number of rotatable bonds is 4. The molecule has 1 aliphatic heterocycles. The predicted molar refractivity (Wildman–Crippen MR) is 130 cm³/mol. The number of aromatic nitrogens is 4. The molecule has 0 bridgehead atoms. The smallest absolute Gasteiger partial charge is 0.321 e. The summed E-state index contributed by atoms with van der Waals surface area (Å²) < 4.78 is 8.79. The number of nitrogens with one attached hydrogen (secondary N) is 1. The quantitative estimate of drug-likeness (QED) is 0.456. The van der Waals surface area contributed by atoms with E-state index in [0.717, 1.165) is 5.56 Å². The first kappa shape index (κ1) is 22.6. The number of anilines is 1. The predicted octanol–water partition coefficient (Wildman–Crippen LogP) is 2.88. The molecule has 1 fully saturated rings. The molecule has 1 atom stereocenters. The van der Waals surface area contributed by atoms with Crippen molar-refractivity contribution < 1.29 is 14.3 Å². The normalized spacial score (nSPS) is 15.9. The number of amides is 2.